The molecule has 2 saturated heterocycles. The molecule has 2 fully saturated rings. The lowest BCUT2D eigenvalue weighted by atomic mass is 9.76. The fourth-order valence-corrected chi connectivity index (χ4v) is 5.51. The Labute approximate surface area is 161 Å². The molecule has 0 aliphatic carbocycles. The molecule has 2 aromatic heterocycles. The van der Waals surface area contributed by atoms with Crippen molar-refractivity contribution in [1.29, 1.82) is 0 Å². The number of thiophene rings is 1. The molecule has 6 heteroatoms. The van der Waals surface area contributed by atoms with Crippen LogP contribution < -0.4 is 0 Å². The van der Waals surface area contributed by atoms with Gasteiger partial charge in [0.25, 0.3) is 0 Å². The first-order chi connectivity index (χ1) is 12.7. The van der Waals surface area contributed by atoms with Crippen molar-refractivity contribution in [3.05, 3.63) is 58.3 Å². The third kappa shape index (κ3) is 2.70. The molecule has 2 aliphatic heterocycles. The van der Waals surface area contributed by atoms with Crippen LogP contribution in [0.2, 0.25) is 5.02 Å². The molecule has 0 spiro atoms. The number of hydrogen-bond acceptors (Lipinski definition) is 5. The van der Waals surface area contributed by atoms with Crippen LogP contribution in [-0.2, 0) is 0 Å². The van der Waals surface area contributed by atoms with Crippen LogP contribution in [0.5, 0.6) is 0 Å². The fourth-order valence-electron chi connectivity index (χ4n) is 4.73. The first-order valence-corrected chi connectivity index (χ1v) is 10.3. The van der Waals surface area contributed by atoms with Crippen LogP contribution >= 0.6 is 22.9 Å². The molecule has 134 valence electrons. The van der Waals surface area contributed by atoms with Crippen molar-refractivity contribution in [1.82, 2.24) is 15.0 Å². The maximum atomic E-state index is 6.11. The number of halogens is 1. The summed E-state index contributed by atoms with van der Waals surface area (Å²) in [4.78, 5) is 8.37. The highest BCUT2D eigenvalue weighted by Crippen LogP contribution is 2.50. The van der Waals surface area contributed by atoms with Gasteiger partial charge in [-0.25, -0.2) is 0 Å². The van der Waals surface area contributed by atoms with Gasteiger partial charge in [0.1, 0.15) is 0 Å². The predicted molar refractivity (Wildman–Crippen MR) is 104 cm³/mol. The topological polar surface area (TPSA) is 42.2 Å². The molecule has 2 bridgehead atoms. The smallest absolute Gasteiger partial charge is 0.232 e. The summed E-state index contributed by atoms with van der Waals surface area (Å²) in [5, 5.41) is 7.08. The number of nitrogens with zero attached hydrogens (tertiary/aromatic N) is 3. The highest BCUT2D eigenvalue weighted by atomic mass is 35.5. The Morgan fingerprint density at radius 3 is 2.81 bits per heavy atom. The Morgan fingerprint density at radius 2 is 2.04 bits per heavy atom. The number of aromatic nitrogens is 2. The highest BCUT2D eigenvalue weighted by molar-refractivity contribution is 7.13. The molecule has 4 atom stereocenters. The molecule has 0 radical (unpaired) electrons. The minimum absolute atomic E-state index is 0.223. The number of piperidine rings is 1. The van der Waals surface area contributed by atoms with Gasteiger partial charge in [-0.05, 0) is 61.4 Å². The molecular formula is C20H20ClN3OS. The molecule has 1 aromatic carbocycles. The molecule has 0 N–H and O–H groups in total. The number of likely N-dealkylation sites (N-methyl/N-ethyl adjacent to an activating group) is 1. The summed E-state index contributed by atoms with van der Waals surface area (Å²) < 4.78 is 5.80. The Bertz CT molecular complexity index is 892. The quantitative estimate of drug-likeness (QED) is 0.622. The average Bonchev–Trinajstić information content (AvgIpc) is 3.37. The number of hydrogen-bond donors (Lipinski definition) is 0. The molecule has 2 aliphatic rings. The van der Waals surface area contributed by atoms with Gasteiger partial charge in [0.15, 0.2) is 0 Å². The second-order valence-electron chi connectivity index (χ2n) is 7.32. The molecule has 5 rings (SSSR count). The normalized spacial score (nSPS) is 28.5. The van der Waals surface area contributed by atoms with E-state index in [0.29, 0.717) is 23.8 Å². The zero-order chi connectivity index (χ0) is 17.7. The SMILES string of the molecule is CN1[C@H]2CC[C@@H]1[C@H](c1nc(-c3cccs3)no1)[C@@H](c1ccc(Cl)cc1)C2. The molecule has 0 unspecified atom stereocenters. The summed E-state index contributed by atoms with van der Waals surface area (Å²) in [6.07, 6.45) is 3.55. The maximum absolute atomic E-state index is 6.11. The van der Waals surface area contributed by atoms with Crippen molar-refractivity contribution in [2.24, 2.45) is 0 Å². The lowest BCUT2D eigenvalue weighted by Crippen LogP contribution is -2.44. The Hall–Kier alpha value is -1.69. The van der Waals surface area contributed by atoms with Crippen LogP contribution in [0.4, 0.5) is 0 Å². The van der Waals surface area contributed by atoms with Crippen molar-refractivity contribution in [2.75, 3.05) is 7.05 Å². The molecule has 26 heavy (non-hydrogen) atoms. The van der Waals surface area contributed by atoms with Crippen LogP contribution in [0.25, 0.3) is 10.7 Å². The second-order valence-corrected chi connectivity index (χ2v) is 8.70. The van der Waals surface area contributed by atoms with Gasteiger partial charge in [-0.1, -0.05) is 35.0 Å². The summed E-state index contributed by atoms with van der Waals surface area (Å²) in [5.41, 5.74) is 1.32. The van der Waals surface area contributed by atoms with Crippen molar-refractivity contribution in [3.63, 3.8) is 0 Å². The number of rotatable bonds is 3. The molecule has 0 saturated carbocycles. The van der Waals surface area contributed by atoms with Gasteiger partial charge in [-0.15, -0.1) is 11.3 Å². The maximum Gasteiger partial charge on any atom is 0.232 e. The Balaban J connectivity index is 1.55. The summed E-state index contributed by atoms with van der Waals surface area (Å²) >= 11 is 7.75. The summed E-state index contributed by atoms with van der Waals surface area (Å²) in [5.74, 6) is 2.08. The van der Waals surface area contributed by atoms with Crippen molar-refractivity contribution in [3.8, 4) is 10.7 Å². The molecule has 0 amide bonds. The lowest BCUT2D eigenvalue weighted by Gasteiger charge is -2.41. The summed E-state index contributed by atoms with van der Waals surface area (Å²) in [6, 6.07) is 13.4. The Morgan fingerprint density at radius 1 is 1.19 bits per heavy atom. The minimum Gasteiger partial charge on any atom is -0.339 e. The van der Waals surface area contributed by atoms with E-state index in [2.05, 4.69) is 29.2 Å². The predicted octanol–water partition coefficient (Wildman–Crippen LogP) is 5.19. The van der Waals surface area contributed by atoms with Crippen molar-refractivity contribution in [2.45, 2.75) is 43.2 Å². The standard InChI is InChI=1S/C20H20ClN3OS/c1-24-14-8-9-16(24)18(15(11-14)12-4-6-13(21)7-5-12)20-22-19(23-25-20)17-3-2-10-26-17/h2-7,10,14-16,18H,8-9,11H2,1H3/t14-,15+,16+,18+/m0/s1. The lowest BCUT2D eigenvalue weighted by molar-refractivity contribution is 0.120. The van der Waals surface area contributed by atoms with E-state index in [1.165, 1.54) is 18.4 Å². The van der Waals surface area contributed by atoms with E-state index in [4.69, 9.17) is 21.1 Å². The first-order valence-electron chi connectivity index (χ1n) is 9.05. The zero-order valence-corrected chi connectivity index (χ0v) is 16.1. The van der Waals surface area contributed by atoms with Crippen LogP contribution in [0.1, 0.15) is 42.6 Å². The van der Waals surface area contributed by atoms with Gasteiger partial charge in [-0.2, -0.15) is 4.98 Å². The second kappa shape index (κ2) is 6.48. The van der Waals surface area contributed by atoms with E-state index in [0.717, 1.165) is 22.2 Å². The third-order valence-corrected chi connectivity index (χ3v) is 7.15. The minimum atomic E-state index is 0.223. The third-order valence-electron chi connectivity index (χ3n) is 6.04. The largest absolute Gasteiger partial charge is 0.339 e. The van der Waals surface area contributed by atoms with Gasteiger partial charge in [0, 0.05) is 17.1 Å². The fraction of sp³-hybridized carbons (Fsp3) is 0.400. The van der Waals surface area contributed by atoms with E-state index in [9.17, 15) is 0 Å². The van der Waals surface area contributed by atoms with Crippen molar-refractivity contribution < 1.29 is 4.52 Å². The van der Waals surface area contributed by atoms with Crippen LogP contribution in [0, 0.1) is 0 Å². The summed E-state index contributed by atoms with van der Waals surface area (Å²) in [6.45, 7) is 0. The van der Waals surface area contributed by atoms with E-state index in [-0.39, 0.29) is 5.92 Å². The van der Waals surface area contributed by atoms with Gasteiger partial charge >= 0.3 is 0 Å². The zero-order valence-electron chi connectivity index (χ0n) is 14.5. The Kier molecular flexibility index (Phi) is 4.11. The van der Waals surface area contributed by atoms with E-state index >= 15 is 0 Å². The average molecular weight is 386 g/mol. The van der Waals surface area contributed by atoms with E-state index in [1.54, 1.807) is 11.3 Å². The monoisotopic (exact) mass is 385 g/mol. The molecule has 3 aromatic rings. The number of fused-ring (bicyclic) bond motifs is 2. The van der Waals surface area contributed by atoms with Gasteiger partial charge in [0.05, 0.1) is 10.8 Å². The van der Waals surface area contributed by atoms with E-state index < -0.39 is 0 Å². The van der Waals surface area contributed by atoms with Crippen LogP contribution in [-0.4, -0.2) is 34.2 Å². The van der Waals surface area contributed by atoms with Gasteiger partial charge in [0.2, 0.25) is 11.7 Å². The van der Waals surface area contributed by atoms with Gasteiger partial charge < -0.3 is 4.52 Å². The highest BCUT2D eigenvalue weighted by Gasteiger charge is 2.48. The van der Waals surface area contributed by atoms with Crippen LogP contribution in [0.15, 0.2) is 46.3 Å². The van der Waals surface area contributed by atoms with E-state index in [1.807, 2.05) is 29.6 Å². The first kappa shape index (κ1) is 16.5. The summed E-state index contributed by atoms with van der Waals surface area (Å²) in [7, 11) is 2.24. The molecule has 4 nitrogen and oxygen atoms in total. The molecular weight excluding hydrogens is 366 g/mol. The molecule has 4 heterocycles. The van der Waals surface area contributed by atoms with Crippen LogP contribution in [0.3, 0.4) is 0 Å². The van der Waals surface area contributed by atoms with Gasteiger partial charge in [-0.3, -0.25) is 4.90 Å². The number of benzene rings is 1. The van der Waals surface area contributed by atoms with Crippen molar-refractivity contribution >= 4 is 22.9 Å².